The first-order valence-electron chi connectivity index (χ1n) is 15.6. The second-order valence-electron chi connectivity index (χ2n) is 12.8. The molecule has 47 heavy (non-hydrogen) atoms. The normalized spacial score (nSPS) is 11.3. The lowest BCUT2D eigenvalue weighted by molar-refractivity contribution is -0.153. The molecule has 1 amide bonds. The predicted molar refractivity (Wildman–Crippen MR) is 182 cm³/mol. The minimum Gasteiger partial charge on any atom is -0.497 e. The number of nitrogens with zero attached hydrogens (tertiary/aromatic N) is 2. The van der Waals surface area contributed by atoms with Crippen molar-refractivity contribution in [3.8, 4) is 34.5 Å². The van der Waals surface area contributed by atoms with Gasteiger partial charge in [-0.15, -0.1) is 0 Å². The van der Waals surface area contributed by atoms with E-state index in [0.717, 1.165) is 11.4 Å². The van der Waals surface area contributed by atoms with Crippen molar-refractivity contribution in [1.29, 1.82) is 0 Å². The number of rotatable bonds is 15. The molecular formula is C36H49N3O8. The third-order valence-electron chi connectivity index (χ3n) is 6.51. The van der Waals surface area contributed by atoms with Crippen LogP contribution in [-0.2, 0) is 14.3 Å². The van der Waals surface area contributed by atoms with Crippen LogP contribution in [-0.4, -0.2) is 82.2 Å². The van der Waals surface area contributed by atoms with Crippen molar-refractivity contribution < 1.29 is 38.0 Å². The lowest BCUT2D eigenvalue weighted by Crippen LogP contribution is -2.42. The van der Waals surface area contributed by atoms with Crippen molar-refractivity contribution in [2.75, 3.05) is 58.9 Å². The number of nitrogens with one attached hydrogen (secondary N) is 1. The Labute approximate surface area is 278 Å². The van der Waals surface area contributed by atoms with E-state index in [2.05, 4.69) is 10.2 Å². The zero-order chi connectivity index (χ0) is 34.6. The molecule has 0 aliphatic rings. The highest BCUT2D eigenvalue weighted by atomic mass is 16.6. The van der Waals surface area contributed by atoms with Gasteiger partial charge in [-0.05, 0) is 102 Å². The number of amides is 1. The van der Waals surface area contributed by atoms with E-state index < -0.39 is 17.3 Å². The van der Waals surface area contributed by atoms with Crippen LogP contribution in [0.3, 0.4) is 0 Å². The van der Waals surface area contributed by atoms with Gasteiger partial charge in [0.15, 0.2) is 5.75 Å². The number of esters is 1. The van der Waals surface area contributed by atoms with Crippen molar-refractivity contribution in [3.63, 3.8) is 0 Å². The van der Waals surface area contributed by atoms with Gasteiger partial charge in [0.05, 0.1) is 26.5 Å². The number of hydrogen-bond donors (Lipinski definition) is 1. The second kappa shape index (κ2) is 16.8. The highest BCUT2D eigenvalue weighted by Crippen LogP contribution is 2.38. The van der Waals surface area contributed by atoms with E-state index >= 15 is 0 Å². The van der Waals surface area contributed by atoms with E-state index in [9.17, 15) is 9.59 Å². The first-order valence-corrected chi connectivity index (χ1v) is 15.6. The lowest BCUT2D eigenvalue weighted by Gasteiger charge is -2.30. The maximum atomic E-state index is 12.7. The number of carbonyl (C=O) groups excluding carboxylic acids is 2. The zero-order valence-electron chi connectivity index (χ0n) is 29.0. The van der Waals surface area contributed by atoms with Crippen LogP contribution < -0.4 is 29.2 Å². The van der Waals surface area contributed by atoms with Gasteiger partial charge in [-0.2, -0.15) is 0 Å². The topological polar surface area (TPSA) is 108 Å². The Bertz CT molecular complexity index is 1430. The first kappa shape index (κ1) is 36.8. The Morgan fingerprint density at radius 3 is 1.70 bits per heavy atom. The largest absolute Gasteiger partial charge is 0.497 e. The van der Waals surface area contributed by atoms with Crippen molar-refractivity contribution in [3.05, 3.63) is 66.7 Å². The van der Waals surface area contributed by atoms with Crippen LogP contribution in [0.1, 0.15) is 41.5 Å². The molecule has 0 unspecified atom stereocenters. The molecule has 0 spiro atoms. The van der Waals surface area contributed by atoms with Gasteiger partial charge < -0.3 is 43.5 Å². The average Bonchev–Trinajstić information content (AvgIpc) is 3.00. The van der Waals surface area contributed by atoms with E-state index in [4.69, 9.17) is 28.4 Å². The standard InChI is InChI=1S/C36H49N3O8/c1-35(2,3)46-33(40)25-37-20-21-39(23-22-38(7)34(41)47-36(4,5)6)31-19-18-30(44-28-14-10-26(42-8)11-15-28)24-32(31)45-29-16-12-27(43-9)13-17-29/h10-19,24,37H,20-23,25H2,1-9H3. The average molecular weight is 652 g/mol. The lowest BCUT2D eigenvalue weighted by atomic mass is 10.2. The fourth-order valence-corrected chi connectivity index (χ4v) is 4.29. The van der Waals surface area contributed by atoms with Gasteiger partial charge in [0.1, 0.15) is 39.9 Å². The number of methoxy groups -OCH3 is 2. The Balaban J connectivity index is 1.90. The summed E-state index contributed by atoms with van der Waals surface area (Å²) in [4.78, 5) is 28.7. The summed E-state index contributed by atoms with van der Waals surface area (Å²) in [5, 5.41) is 3.17. The molecule has 0 aliphatic carbocycles. The Kier molecular flexibility index (Phi) is 13.1. The van der Waals surface area contributed by atoms with E-state index in [-0.39, 0.29) is 12.5 Å². The zero-order valence-corrected chi connectivity index (χ0v) is 29.0. The van der Waals surface area contributed by atoms with Gasteiger partial charge >= 0.3 is 12.1 Å². The molecule has 0 saturated carbocycles. The van der Waals surface area contributed by atoms with E-state index in [0.29, 0.717) is 54.9 Å². The Hall–Kier alpha value is -4.64. The Morgan fingerprint density at radius 2 is 1.17 bits per heavy atom. The molecule has 3 aromatic carbocycles. The van der Waals surface area contributed by atoms with Gasteiger partial charge in [-0.1, -0.05) is 0 Å². The number of hydrogen-bond acceptors (Lipinski definition) is 10. The van der Waals surface area contributed by atoms with Crippen LogP contribution in [0.4, 0.5) is 10.5 Å². The third-order valence-corrected chi connectivity index (χ3v) is 6.51. The van der Waals surface area contributed by atoms with Crippen molar-refractivity contribution in [2.45, 2.75) is 52.7 Å². The summed E-state index contributed by atoms with van der Waals surface area (Å²) >= 11 is 0. The summed E-state index contributed by atoms with van der Waals surface area (Å²) in [5.74, 6) is 3.43. The molecule has 0 heterocycles. The molecule has 1 N–H and O–H groups in total. The van der Waals surface area contributed by atoms with Gasteiger partial charge in [0, 0.05) is 39.3 Å². The van der Waals surface area contributed by atoms with Gasteiger partial charge in [0.2, 0.25) is 0 Å². The SMILES string of the molecule is COc1ccc(Oc2ccc(N(CCNCC(=O)OC(C)(C)C)CCN(C)C(=O)OC(C)(C)C)c(Oc3ccc(OC)cc3)c2)cc1. The highest BCUT2D eigenvalue weighted by Gasteiger charge is 2.22. The molecule has 0 aromatic heterocycles. The Morgan fingerprint density at radius 1 is 0.660 bits per heavy atom. The quantitative estimate of drug-likeness (QED) is 0.138. The maximum absolute atomic E-state index is 12.7. The van der Waals surface area contributed by atoms with Crippen molar-refractivity contribution >= 4 is 17.7 Å². The molecule has 3 rings (SSSR count). The second-order valence-corrected chi connectivity index (χ2v) is 12.8. The molecule has 0 atom stereocenters. The van der Waals surface area contributed by atoms with Gasteiger partial charge in [-0.3, -0.25) is 4.79 Å². The molecule has 11 heteroatoms. The molecule has 256 valence electrons. The third kappa shape index (κ3) is 12.9. The van der Waals surface area contributed by atoms with Crippen LogP contribution in [0.2, 0.25) is 0 Å². The van der Waals surface area contributed by atoms with E-state index in [1.54, 1.807) is 21.3 Å². The van der Waals surface area contributed by atoms with E-state index in [1.165, 1.54) is 4.90 Å². The molecule has 0 fully saturated rings. The highest BCUT2D eigenvalue weighted by molar-refractivity contribution is 5.72. The minimum atomic E-state index is -0.615. The number of anilines is 1. The maximum Gasteiger partial charge on any atom is 0.410 e. The number of likely N-dealkylation sites (N-methyl/N-ethyl adjacent to an activating group) is 1. The number of ether oxygens (including phenoxy) is 6. The summed E-state index contributed by atoms with van der Waals surface area (Å²) in [6.07, 6.45) is -0.418. The number of benzene rings is 3. The molecule has 11 nitrogen and oxygen atoms in total. The van der Waals surface area contributed by atoms with Crippen molar-refractivity contribution in [2.24, 2.45) is 0 Å². The first-order chi connectivity index (χ1) is 22.2. The molecule has 0 aliphatic heterocycles. The van der Waals surface area contributed by atoms with Crippen LogP contribution in [0.5, 0.6) is 34.5 Å². The summed E-state index contributed by atoms with van der Waals surface area (Å²) in [6, 6.07) is 20.2. The molecule has 0 saturated heterocycles. The van der Waals surface area contributed by atoms with Crippen LogP contribution in [0.15, 0.2) is 66.7 Å². The fourth-order valence-electron chi connectivity index (χ4n) is 4.29. The van der Waals surface area contributed by atoms with Gasteiger partial charge in [-0.25, -0.2) is 4.79 Å². The van der Waals surface area contributed by atoms with E-state index in [1.807, 2.05) is 108 Å². The smallest absolute Gasteiger partial charge is 0.410 e. The molecule has 3 aromatic rings. The van der Waals surface area contributed by atoms with Gasteiger partial charge in [0.25, 0.3) is 0 Å². The fraction of sp³-hybridized carbons (Fsp3) is 0.444. The van der Waals surface area contributed by atoms with Crippen LogP contribution in [0, 0.1) is 0 Å². The summed E-state index contributed by atoms with van der Waals surface area (Å²) in [6.45, 7) is 12.8. The monoisotopic (exact) mass is 651 g/mol. The summed E-state index contributed by atoms with van der Waals surface area (Å²) in [5.41, 5.74) is -0.421. The molecule has 0 bridgehead atoms. The summed E-state index contributed by atoms with van der Waals surface area (Å²) < 4.78 is 34.1. The predicted octanol–water partition coefficient (Wildman–Crippen LogP) is 6.89. The van der Waals surface area contributed by atoms with Crippen LogP contribution >= 0.6 is 0 Å². The summed E-state index contributed by atoms with van der Waals surface area (Å²) in [7, 11) is 4.92. The van der Waals surface area contributed by atoms with Crippen molar-refractivity contribution in [1.82, 2.24) is 10.2 Å². The molecular weight excluding hydrogens is 602 g/mol. The molecule has 0 radical (unpaired) electrons. The van der Waals surface area contributed by atoms with Crippen LogP contribution in [0.25, 0.3) is 0 Å². The minimum absolute atomic E-state index is 0.0623. The number of carbonyl (C=O) groups is 2.